The molecule has 5 rings (SSSR count). The van der Waals surface area contributed by atoms with E-state index in [1.165, 1.54) is 6.07 Å². The predicted molar refractivity (Wildman–Crippen MR) is 125 cm³/mol. The first kappa shape index (κ1) is 19.9. The minimum atomic E-state index is -0.435. The predicted octanol–water partition coefficient (Wildman–Crippen LogP) is 5.62. The standard InChI is InChI=1S/C25H16ClN3O3/c1-14-11-23(30)32-22-12-16(5-6-17(14)22)28-25(31)19-13-21(15-7-9-27-10-8-15)29-24-18(19)3-2-4-20(24)26/h2-13H,1H3,(H,28,31). The highest BCUT2D eigenvalue weighted by Crippen LogP contribution is 2.30. The molecule has 1 N–H and O–H groups in total. The molecule has 0 aliphatic heterocycles. The summed E-state index contributed by atoms with van der Waals surface area (Å²) in [6, 6.07) is 17.4. The zero-order chi connectivity index (χ0) is 22.2. The van der Waals surface area contributed by atoms with Crippen LogP contribution in [0.15, 0.2) is 82.3 Å². The normalized spacial score (nSPS) is 11.1. The summed E-state index contributed by atoms with van der Waals surface area (Å²) in [5.74, 6) is -0.329. The highest BCUT2D eigenvalue weighted by atomic mass is 35.5. The second kappa shape index (κ2) is 7.90. The van der Waals surface area contributed by atoms with Crippen LogP contribution in [0.4, 0.5) is 5.69 Å². The van der Waals surface area contributed by atoms with Crippen molar-refractivity contribution in [3.63, 3.8) is 0 Å². The first-order chi connectivity index (χ1) is 15.5. The molecule has 0 saturated carbocycles. The molecule has 0 radical (unpaired) electrons. The molecule has 1 amide bonds. The number of rotatable bonds is 3. The molecule has 0 spiro atoms. The fourth-order valence-corrected chi connectivity index (χ4v) is 3.89. The highest BCUT2D eigenvalue weighted by molar-refractivity contribution is 6.35. The largest absolute Gasteiger partial charge is 0.423 e. The van der Waals surface area contributed by atoms with E-state index in [4.69, 9.17) is 16.0 Å². The molecule has 5 aromatic rings. The first-order valence-corrected chi connectivity index (χ1v) is 10.2. The molecule has 6 nitrogen and oxygen atoms in total. The Morgan fingerprint density at radius 1 is 1.00 bits per heavy atom. The maximum Gasteiger partial charge on any atom is 0.336 e. The number of pyridine rings is 2. The summed E-state index contributed by atoms with van der Waals surface area (Å²) in [4.78, 5) is 33.7. The van der Waals surface area contributed by atoms with E-state index in [2.05, 4.69) is 15.3 Å². The molecule has 3 aromatic heterocycles. The van der Waals surface area contributed by atoms with Gasteiger partial charge in [-0.3, -0.25) is 9.78 Å². The number of anilines is 1. The maximum atomic E-state index is 13.3. The Hall–Kier alpha value is -4.03. The third-order valence-electron chi connectivity index (χ3n) is 5.22. The summed E-state index contributed by atoms with van der Waals surface area (Å²) in [6.07, 6.45) is 3.33. The number of amides is 1. The summed E-state index contributed by atoms with van der Waals surface area (Å²) in [5.41, 5.74) is 3.68. The molecule has 3 heterocycles. The smallest absolute Gasteiger partial charge is 0.336 e. The average Bonchev–Trinajstić information content (AvgIpc) is 2.79. The van der Waals surface area contributed by atoms with E-state index in [0.717, 1.165) is 16.5 Å². The van der Waals surface area contributed by atoms with E-state index in [1.54, 1.807) is 42.7 Å². The van der Waals surface area contributed by atoms with Crippen molar-refractivity contribution in [3.8, 4) is 11.3 Å². The lowest BCUT2D eigenvalue weighted by molar-refractivity contribution is 0.102. The number of halogens is 1. The molecule has 0 aliphatic rings. The van der Waals surface area contributed by atoms with Gasteiger partial charge >= 0.3 is 5.63 Å². The quantitative estimate of drug-likeness (QED) is 0.367. The summed E-state index contributed by atoms with van der Waals surface area (Å²) in [7, 11) is 0. The molecule has 156 valence electrons. The number of hydrogen-bond donors (Lipinski definition) is 1. The summed E-state index contributed by atoms with van der Waals surface area (Å²) in [6.45, 7) is 1.84. The van der Waals surface area contributed by atoms with Gasteiger partial charge in [0.15, 0.2) is 0 Å². The van der Waals surface area contributed by atoms with Gasteiger partial charge < -0.3 is 9.73 Å². The number of carbonyl (C=O) groups excluding carboxylic acids is 1. The lowest BCUT2D eigenvalue weighted by atomic mass is 10.0. The molecule has 0 bridgehead atoms. The number of aromatic nitrogens is 2. The highest BCUT2D eigenvalue weighted by Gasteiger charge is 2.16. The van der Waals surface area contributed by atoms with E-state index >= 15 is 0 Å². The van der Waals surface area contributed by atoms with Crippen molar-refractivity contribution in [3.05, 3.63) is 99.6 Å². The Kier molecular flexibility index (Phi) is 4.92. The number of fused-ring (bicyclic) bond motifs is 2. The van der Waals surface area contributed by atoms with Gasteiger partial charge in [0.2, 0.25) is 0 Å². The van der Waals surface area contributed by atoms with Crippen LogP contribution in [0.1, 0.15) is 15.9 Å². The fourth-order valence-electron chi connectivity index (χ4n) is 3.67. The van der Waals surface area contributed by atoms with Gasteiger partial charge in [-0.1, -0.05) is 23.7 Å². The molecule has 0 aliphatic carbocycles. The monoisotopic (exact) mass is 441 g/mol. The van der Waals surface area contributed by atoms with E-state index in [0.29, 0.717) is 38.5 Å². The zero-order valence-electron chi connectivity index (χ0n) is 16.9. The van der Waals surface area contributed by atoms with Crippen molar-refractivity contribution in [1.29, 1.82) is 0 Å². The van der Waals surface area contributed by atoms with Gasteiger partial charge in [0.1, 0.15) is 5.58 Å². The second-order valence-corrected chi connectivity index (χ2v) is 7.75. The van der Waals surface area contributed by atoms with Crippen molar-refractivity contribution in [2.24, 2.45) is 0 Å². The summed E-state index contributed by atoms with van der Waals surface area (Å²) in [5, 5.41) is 4.79. The van der Waals surface area contributed by atoms with Crippen LogP contribution >= 0.6 is 11.6 Å². The maximum absolute atomic E-state index is 13.3. The number of carbonyl (C=O) groups is 1. The minimum absolute atomic E-state index is 0.329. The van der Waals surface area contributed by atoms with Crippen LogP contribution in [0.25, 0.3) is 33.1 Å². The third-order valence-corrected chi connectivity index (χ3v) is 5.53. The SMILES string of the molecule is Cc1cc(=O)oc2cc(NC(=O)c3cc(-c4ccncc4)nc4c(Cl)cccc34)ccc12. The molecule has 0 saturated heterocycles. The Labute approximate surface area is 187 Å². The van der Waals surface area contributed by atoms with Crippen molar-refractivity contribution >= 4 is 45.1 Å². The molecular formula is C25H16ClN3O3. The Morgan fingerprint density at radius 3 is 2.62 bits per heavy atom. The van der Waals surface area contributed by atoms with E-state index in [9.17, 15) is 9.59 Å². The number of nitrogens with zero attached hydrogens (tertiary/aromatic N) is 2. The van der Waals surface area contributed by atoms with Crippen molar-refractivity contribution < 1.29 is 9.21 Å². The second-order valence-electron chi connectivity index (χ2n) is 7.34. The zero-order valence-corrected chi connectivity index (χ0v) is 17.7. The van der Waals surface area contributed by atoms with Gasteiger partial charge in [0.25, 0.3) is 5.91 Å². The molecule has 0 atom stereocenters. The molecule has 7 heteroatoms. The molecule has 32 heavy (non-hydrogen) atoms. The van der Waals surface area contributed by atoms with Crippen molar-refractivity contribution in [2.75, 3.05) is 5.32 Å². The number of para-hydroxylation sites is 1. The molecule has 0 fully saturated rings. The van der Waals surface area contributed by atoms with E-state index in [-0.39, 0.29) is 5.91 Å². The van der Waals surface area contributed by atoms with E-state index < -0.39 is 5.63 Å². The number of nitrogens with one attached hydrogen (secondary N) is 1. The lowest BCUT2D eigenvalue weighted by Crippen LogP contribution is -2.13. The molecule has 0 unspecified atom stereocenters. The van der Waals surface area contributed by atoms with Crippen molar-refractivity contribution in [2.45, 2.75) is 6.92 Å². The Balaban J connectivity index is 1.61. The van der Waals surface area contributed by atoms with Crippen LogP contribution in [0, 0.1) is 6.92 Å². The van der Waals surface area contributed by atoms with Crippen LogP contribution in [-0.2, 0) is 0 Å². The average molecular weight is 442 g/mol. The van der Waals surface area contributed by atoms with Gasteiger partial charge in [0.05, 0.1) is 21.8 Å². The number of benzene rings is 2. The van der Waals surface area contributed by atoms with Crippen LogP contribution in [-0.4, -0.2) is 15.9 Å². The van der Waals surface area contributed by atoms with Gasteiger partial charge in [-0.05, 0) is 48.9 Å². The third kappa shape index (κ3) is 3.61. The lowest BCUT2D eigenvalue weighted by Gasteiger charge is -2.12. The summed E-state index contributed by atoms with van der Waals surface area (Å²) >= 11 is 6.40. The van der Waals surface area contributed by atoms with Crippen LogP contribution in [0.3, 0.4) is 0 Å². The van der Waals surface area contributed by atoms with Crippen LogP contribution in [0.2, 0.25) is 5.02 Å². The van der Waals surface area contributed by atoms with Gasteiger partial charge in [-0.2, -0.15) is 0 Å². The van der Waals surface area contributed by atoms with Gasteiger partial charge in [-0.15, -0.1) is 0 Å². The van der Waals surface area contributed by atoms with Crippen LogP contribution in [0.5, 0.6) is 0 Å². The molecular weight excluding hydrogens is 426 g/mol. The van der Waals surface area contributed by atoms with Gasteiger partial charge in [0, 0.05) is 46.5 Å². The van der Waals surface area contributed by atoms with Crippen LogP contribution < -0.4 is 10.9 Å². The number of hydrogen-bond acceptors (Lipinski definition) is 5. The summed E-state index contributed by atoms with van der Waals surface area (Å²) < 4.78 is 5.29. The minimum Gasteiger partial charge on any atom is -0.423 e. The Morgan fingerprint density at radius 2 is 1.81 bits per heavy atom. The first-order valence-electron chi connectivity index (χ1n) is 9.85. The molecule has 2 aromatic carbocycles. The fraction of sp³-hybridized carbons (Fsp3) is 0.0400. The van der Waals surface area contributed by atoms with Gasteiger partial charge in [-0.25, -0.2) is 9.78 Å². The van der Waals surface area contributed by atoms with E-state index in [1.807, 2.05) is 31.2 Å². The topological polar surface area (TPSA) is 85.1 Å². The van der Waals surface area contributed by atoms with Crippen molar-refractivity contribution in [1.82, 2.24) is 9.97 Å². The Bertz CT molecular complexity index is 1560. The number of aryl methyl sites for hydroxylation is 1.